The maximum Gasteiger partial charge on any atom is 0.482 e. The van der Waals surface area contributed by atoms with Gasteiger partial charge in [-0.15, -0.1) is 0 Å². The molecule has 0 atom stereocenters. The van der Waals surface area contributed by atoms with Crippen LogP contribution in [0.2, 0.25) is 0 Å². The highest BCUT2D eigenvalue weighted by molar-refractivity contribution is 6.13. The van der Waals surface area contributed by atoms with E-state index in [1.165, 1.54) is 0 Å². The van der Waals surface area contributed by atoms with Crippen LogP contribution >= 0.6 is 0 Å². The number of ether oxygens (including phenoxy) is 2. The quantitative estimate of drug-likeness (QED) is 0.813. The highest BCUT2D eigenvalue weighted by Gasteiger charge is 2.10. The molecule has 0 aliphatic carbocycles. The van der Waals surface area contributed by atoms with Gasteiger partial charge in [0.2, 0.25) is 0 Å². The van der Waals surface area contributed by atoms with Crippen LogP contribution in [0.15, 0.2) is 42.7 Å². The molecule has 5 nitrogen and oxygen atoms in total. The minimum Gasteiger partial charge on any atom is -0.493 e. The Labute approximate surface area is 112 Å². The number of pyridine rings is 1. The molecule has 0 amide bonds. The molecule has 0 bridgehead atoms. The van der Waals surface area contributed by atoms with Gasteiger partial charge in [0, 0.05) is 23.5 Å². The lowest BCUT2D eigenvalue weighted by atomic mass is 10.1. The van der Waals surface area contributed by atoms with E-state index in [9.17, 15) is 0 Å². The highest BCUT2D eigenvalue weighted by atomic mass is 16.5. The van der Waals surface area contributed by atoms with E-state index in [4.69, 9.17) is 19.5 Å². The molecule has 99 valence electrons. The van der Waals surface area contributed by atoms with Crippen LogP contribution in [0, 0.1) is 0 Å². The van der Waals surface area contributed by atoms with Crippen LogP contribution in [-0.2, 0) is 0 Å². The van der Waals surface area contributed by atoms with Crippen LogP contribution in [0.3, 0.4) is 0 Å². The Morgan fingerprint density at radius 2 is 1.79 bits per heavy atom. The first-order valence-corrected chi connectivity index (χ1v) is 5.50. The van der Waals surface area contributed by atoms with Crippen molar-refractivity contribution < 1.29 is 19.5 Å². The molecule has 0 unspecified atom stereocenters. The summed E-state index contributed by atoms with van der Waals surface area (Å²) in [5, 5.41) is 14.0. The van der Waals surface area contributed by atoms with Gasteiger partial charge < -0.3 is 19.5 Å². The SMILES string of the molecule is COc1cccc(-c2cccnc2)c1OC.O[B]O. The lowest BCUT2D eigenvalue weighted by molar-refractivity contribution is 0.356. The lowest BCUT2D eigenvalue weighted by Crippen LogP contribution is -1.93. The van der Waals surface area contributed by atoms with E-state index in [-0.39, 0.29) is 7.69 Å². The Balaban J connectivity index is 0.000000550. The fourth-order valence-corrected chi connectivity index (χ4v) is 1.64. The van der Waals surface area contributed by atoms with Gasteiger partial charge in [-0.1, -0.05) is 18.2 Å². The number of aromatic nitrogens is 1. The van der Waals surface area contributed by atoms with Gasteiger partial charge in [-0.05, 0) is 12.1 Å². The Kier molecular flexibility index (Phi) is 6.42. The average Bonchev–Trinajstić information content (AvgIpc) is 2.48. The highest BCUT2D eigenvalue weighted by Crippen LogP contribution is 2.37. The molecule has 6 heteroatoms. The summed E-state index contributed by atoms with van der Waals surface area (Å²) in [6, 6.07) is 9.68. The van der Waals surface area contributed by atoms with Gasteiger partial charge in [-0.25, -0.2) is 0 Å². The molecule has 0 aliphatic heterocycles. The number of hydrogen-bond donors (Lipinski definition) is 2. The molecule has 1 radical (unpaired) electrons. The molecule has 2 aromatic rings. The average molecular weight is 260 g/mol. The smallest absolute Gasteiger partial charge is 0.482 e. The van der Waals surface area contributed by atoms with E-state index in [1.54, 1.807) is 26.6 Å². The first kappa shape index (κ1) is 15.0. The van der Waals surface area contributed by atoms with E-state index in [0.717, 1.165) is 22.6 Å². The minimum atomic E-state index is 0. The van der Waals surface area contributed by atoms with Crippen LogP contribution in [0.5, 0.6) is 11.5 Å². The molecule has 1 aromatic heterocycles. The fourth-order valence-electron chi connectivity index (χ4n) is 1.64. The number of nitrogens with zero attached hydrogens (tertiary/aromatic N) is 1. The van der Waals surface area contributed by atoms with Crippen molar-refractivity contribution in [2.45, 2.75) is 0 Å². The number of benzene rings is 1. The van der Waals surface area contributed by atoms with E-state index in [1.807, 2.05) is 30.3 Å². The normalized spacial score (nSPS) is 9.05. The van der Waals surface area contributed by atoms with Crippen molar-refractivity contribution in [3.63, 3.8) is 0 Å². The van der Waals surface area contributed by atoms with Crippen LogP contribution in [-0.4, -0.2) is 36.9 Å². The molecule has 0 spiro atoms. The molecule has 2 rings (SSSR count). The first-order chi connectivity index (χ1) is 9.28. The van der Waals surface area contributed by atoms with Crippen molar-refractivity contribution in [2.24, 2.45) is 0 Å². The lowest BCUT2D eigenvalue weighted by Gasteiger charge is -2.12. The maximum absolute atomic E-state index is 7.00. The summed E-state index contributed by atoms with van der Waals surface area (Å²) in [6.07, 6.45) is 3.55. The zero-order chi connectivity index (χ0) is 14.1. The maximum atomic E-state index is 7.00. The number of rotatable bonds is 3. The summed E-state index contributed by atoms with van der Waals surface area (Å²) in [7, 11) is 3.27. The van der Waals surface area contributed by atoms with Crippen molar-refractivity contribution in [2.75, 3.05) is 14.2 Å². The summed E-state index contributed by atoms with van der Waals surface area (Å²) in [5.41, 5.74) is 1.99. The Morgan fingerprint density at radius 1 is 1.05 bits per heavy atom. The topological polar surface area (TPSA) is 71.8 Å². The Hall–Kier alpha value is -2.05. The van der Waals surface area contributed by atoms with E-state index in [2.05, 4.69) is 4.98 Å². The van der Waals surface area contributed by atoms with Crippen molar-refractivity contribution in [3.8, 4) is 22.6 Å². The molecule has 1 heterocycles. The molecular formula is C13H15BNO4. The van der Waals surface area contributed by atoms with Crippen LogP contribution in [0.25, 0.3) is 11.1 Å². The summed E-state index contributed by atoms with van der Waals surface area (Å²) in [6.45, 7) is 0. The largest absolute Gasteiger partial charge is 0.493 e. The monoisotopic (exact) mass is 260 g/mol. The Morgan fingerprint density at radius 3 is 2.32 bits per heavy atom. The van der Waals surface area contributed by atoms with Crippen molar-refractivity contribution in [1.29, 1.82) is 0 Å². The van der Waals surface area contributed by atoms with E-state index < -0.39 is 0 Å². The van der Waals surface area contributed by atoms with Crippen molar-refractivity contribution >= 4 is 7.69 Å². The zero-order valence-corrected chi connectivity index (χ0v) is 10.8. The zero-order valence-electron chi connectivity index (χ0n) is 10.8. The Bertz CT molecular complexity index is 493. The molecule has 0 aliphatic rings. The fraction of sp³-hybridized carbons (Fsp3) is 0.154. The third kappa shape index (κ3) is 3.98. The predicted octanol–water partition coefficient (Wildman–Crippen LogP) is 1.27. The second kappa shape index (κ2) is 8.13. The summed E-state index contributed by atoms with van der Waals surface area (Å²) in [4.78, 5) is 4.10. The summed E-state index contributed by atoms with van der Waals surface area (Å²) in [5.74, 6) is 1.46. The molecule has 2 N–H and O–H groups in total. The number of methoxy groups -OCH3 is 2. The van der Waals surface area contributed by atoms with E-state index in [0.29, 0.717) is 0 Å². The molecule has 1 aromatic carbocycles. The molecule has 0 saturated heterocycles. The van der Waals surface area contributed by atoms with Crippen LogP contribution in [0.1, 0.15) is 0 Å². The van der Waals surface area contributed by atoms with Gasteiger partial charge in [0.25, 0.3) is 0 Å². The van der Waals surface area contributed by atoms with Gasteiger partial charge in [0.05, 0.1) is 14.2 Å². The number of para-hydroxylation sites is 1. The van der Waals surface area contributed by atoms with Crippen LogP contribution in [0.4, 0.5) is 0 Å². The molecule has 0 saturated carbocycles. The molecule has 19 heavy (non-hydrogen) atoms. The van der Waals surface area contributed by atoms with Crippen LogP contribution < -0.4 is 9.47 Å². The standard InChI is InChI=1S/C13H13NO2.BH2O2/c1-15-12-7-3-6-11(13(12)16-2)10-5-4-8-14-9-10;2-1-3/h3-9H,1-2H3;2-3H. The summed E-state index contributed by atoms with van der Waals surface area (Å²) >= 11 is 0. The van der Waals surface area contributed by atoms with E-state index >= 15 is 0 Å². The number of hydrogen-bond acceptors (Lipinski definition) is 5. The second-order valence-electron chi connectivity index (χ2n) is 3.40. The first-order valence-electron chi connectivity index (χ1n) is 5.50. The van der Waals surface area contributed by atoms with Gasteiger partial charge in [-0.3, -0.25) is 4.98 Å². The predicted molar refractivity (Wildman–Crippen MR) is 73.0 cm³/mol. The third-order valence-electron chi connectivity index (χ3n) is 2.38. The molecular weight excluding hydrogens is 245 g/mol. The molecule has 0 fully saturated rings. The van der Waals surface area contributed by atoms with Crippen molar-refractivity contribution in [3.05, 3.63) is 42.7 Å². The van der Waals surface area contributed by atoms with Gasteiger partial charge in [0.1, 0.15) is 0 Å². The van der Waals surface area contributed by atoms with Gasteiger partial charge in [0.15, 0.2) is 11.5 Å². The van der Waals surface area contributed by atoms with Gasteiger partial charge >= 0.3 is 7.69 Å². The minimum absolute atomic E-state index is 0. The second-order valence-corrected chi connectivity index (χ2v) is 3.40. The summed E-state index contributed by atoms with van der Waals surface area (Å²) < 4.78 is 10.6. The van der Waals surface area contributed by atoms with Gasteiger partial charge in [-0.2, -0.15) is 0 Å². The third-order valence-corrected chi connectivity index (χ3v) is 2.38. The van der Waals surface area contributed by atoms with Crippen molar-refractivity contribution in [1.82, 2.24) is 4.98 Å².